The predicted octanol–water partition coefficient (Wildman–Crippen LogP) is 3.06. The molecule has 0 aliphatic carbocycles. The van der Waals surface area contributed by atoms with E-state index in [-0.39, 0.29) is 12.9 Å². The third-order valence-electron chi connectivity index (χ3n) is 3.09. The molecule has 0 aromatic heterocycles. The van der Waals surface area contributed by atoms with Gasteiger partial charge in [-0.3, -0.25) is 0 Å². The van der Waals surface area contributed by atoms with Crippen molar-refractivity contribution in [1.82, 2.24) is 5.32 Å². The number of alkyl halides is 1. The van der Waals surface area contributed by atoms with Crippen LogP contribution in [0.1, 0.15) is 24.8 Å². The minimum absolute atomic E-state index is 0.150. The Hall–Kier alpha value is -1.46. The van der Waals surface area contributed by atoms with Crippen LogP contribution in [0.15, 0.2) is 24.3 Å². The number of hydrogen-bond acceptors (Lipinski definition) is 4. The van der Waals surface area contributed by atoms with Gasteiger partial charge in [-0.25, -0.2) is 4.79 Å². The molecule has 116 valence electrons. The second-order valence-corrected chi connectivity index (χ2v) is 5.09. The van der Waals surface area contributed by atoms with Crippen molar-refractivity contribution < 1.29 is 19.0 Å². The lowest BCUT2D eigenvalue weighted by Gasteiger charge is -2.24. The highest BCUT2D eigenvalue weighted by Gasteiger charge is 2.17. The van der Waals surface area contributed by atoms with Crippen LogP contribution in [0.25, 0.3) is 0 Å². The molecule has 1 N–H and O–H groups in total. The molecule has 5 nitrogen and oxygen atoms in total. The molecule has 0 bridgehead atoms. The van der Waals surface area contributed by atoms with Gasteiger partial charge < -0.3 is 19.5 Å². The number of amides is 1. The summed E-state index contributed by atoms with van der Waals surface area (Å²) < 4.78 is 16.5. The summed E-state index contributed by atoms with van der Waals surface area (Å²) in [6.45, 7) is 1.26. The Kier molecular flexibility index (Phi) is 6.63. The van der Waals surface area contributed by atoms with Crippen LogP contribution in [-0.2, 0) is 16.1 Å². The number of benzene rings is 1. The number of rotatable bonds is 6. The highest BCUT2D eigenvalue weighted by atomic mass is 35.5. The first-order valence-electron chi connectivity index (χ1n) is 7.12. The maximum absolute atomic E-state index is 11.4. The highest BCUT2D eigenvalue weighted by Crippen LogP contribution is 2.23. The van der Waals surface area contributed by atoms with Gasteiger partial charge in [0.1, 0.15) is 12.4 Å². The Balaban J connectivity index is 1.88. The molecule has 2 rings (SSSR count). The molecular formula is C15H20ClNO4. The number of nitrogens with one attached hydrogen (secondary N) is 1. The summed E-state index contributed by atoms with van der Waals surface area (Å²) in [5.74, 6) is 1.04. The third-order valence-corrected chi connectivity index (χ3v) is 3.28. The fraction of sp³-hybridized carbons (Fsp3) is 0.533. The van der Waals surface area contributed by atoms with E-state index in [0.29, 0.717) is 18.2 Å². The molecule has 1 saturated heterocycles. The van der Waals surface area contributed by atoms with Gasteiger partial charge in [-0.05, 0) is 18.9 Å². The van der Waals surface area contributed by atoms with E-state index in [1.54, 1.807) is 0 Å². The standard InChI is InChI=1S/C15H20ClNO4/c16-8-9-17-15(18)20-11-12-5-1-2-6-13(12)21-14-7-3-4-10-19-14/h1-2,5-6,14H,3-4,7-11H2,(H,17,18). The van der Waals surface area contributed by atoms with E-state index in [1.807, 2.05) is 24.3 Å². The average Bonchev–Trinajstić information content (AvgIpc) is 2.53. The maximum atomic E-state index is 11.4. The second kappa shape index (κ2) is 8.74. The molecule has 1 heterocycles. The fourth-order valence-corrected chi connectivity index (χ4v) is 2.12. The molecular weight excluding hydrogens is 294 g/mol. The quantitative estimate of drug-likeness (QED) is 0.820. The molecule has 0 saturated carbocycles. The van der Waals surface area contributed by atoms with Crippen LogP contribution in [0.4, 0.5) is 4.79 Å². The highest BCUT2D eigenvalue weighted by molar-refractivity contribution is 6.18. The van der Waals surface area contributed by atoms with Crippen LogP contribution >= 0.6 is 11.6 Å². The van der Waals surface area contributed by atoms with Gasteiger partial charge in [-0.2, -0.15) is 0 Å². The van der Waals surface area contributed by atoms with Gasteiger partial charge in [0.2, 0.25) is 0 Å². The minimum atomic E-state index is -0.487. The van der Waals surface area contributed by atoms with Gasteiger partial charge in [0.05, 0.1) is 6.61 Å². The zero-order valence-corrected chi connectivity index (χ0v) is 12.6. The number of carbonyl (C=O) groups is 1. The summed E-state index contributed by atoms with van der Waals surface area (Å²) in [5, 5.41) is 2.54. The lowest BCUT2D eigenvalue weighted by atomic mass is 10.2. The second-order valence-electron chi connectivity index (χ2n) is 4.71. The Morgan fingerprint density at radius 2 is 2.24 bits per heavy atom. The topological polar surface area (TPSA) is 56.8 Å². The molecule has 0 radical (unpaired) electrons. The zero-order chi connectivity index (χ0) is 14.9. The Bertz CT molecular complexity index is 449. The van der Waals surface area contributed by atoms with Crippen molar-refractivity contribution in [3.8, 4) is 5.75 Å². The van der Waals surface area contributed by atoms with Gasteiger partial charge in [-0.1, -0.05) is 18.2 Å². The zero-order valence-electron chi connectivity index (χ0n) is 11.8. The summed E-state index contributed by atoms with van der Waals surface area (Å²) in [7, 11) is 0. The van der Waals surface area contributed by atoms with E-state index in [9.17, 15) is 4.79 Å². The van der Waals surface area contributed by atoms with Gasteiger partial charge in [0.25, 0.3) is 0 Å². The summed E-state index contributed by atoms with van der Waals surface area (Å²) in [6, 6.07) is 7.49. The molecule has 1 aromatic carbocycles. The van der Waals surface area contributed by atoms with Crippen LogP contribution in [0.5, 0.6) is 5.75 Å². The van der Waals surface area contributed by atoms with E-state index in [1.165, 1.54) is 0 Å². The molecule has 1 fully saturated rings. The number of para-hydroxylation sites is 1. The average molecular weight is 314 g/mol. The first-order chi connectivity index (χ1) is 10.3. The molecule has 1 aliphatic heterocycles. The number of alkyl carbamates (subject to hydrolysis) is 1. The van der Waals surface area contributed by atoms with Crippen LogP contribution in [0.2, 0.25) is 0 Å². The summed E-state index contributed by atoms with van der Waals surface area (Å²) >= 11 is 5.49. The summed E-state index contributed by atoms with van der Waals surface area (Å²) in [5.41, 5.74) is 0.813. The SMILES string of the molecule is O=C(NCCCl)OCc1ccccc1OC1CCCCO1. The van der Waals surface area contributed by atoms with Crippen molar-refractivity contribution >= 4 is 17.7 Å². The Labute approximate surface area is 129 Å². The normalized spacial score (nSPS) is 18.0. The third kappa shape index (κ3) is 5.44. The summed E-state index contributed by atoms with van der Waals surface area (Å²) in [6.07, 6.45) is 2.35. The van der Waals surface area contributed by atoms with Crippen molar-refractivity contribution in [2.24, 2.45) is 0 Å². The van der Waals surface area contributed by atoms with Crippen molar-refractivity contribution in [2.75, 3.05) is 19.0 Å². The van der Waals surface area contributed by atoms with Crippen molar-refractivity contribution in [3.63, 3.8) is 0 Å². The molecule has 1 atom stereocenters. The van der Waals surface area contributed by atoms with Crippen LogP contribution in [0.3, 0.4) is 0 Å². The smallest absolute Gasteiger partial charge is 0.407 e. The van der Waals surface area contributed by atoms with E-state index in [4.69, 9.17) is 25.8 Å². The minimum Gasteiger partial charge on any atom is -0.465 e. The summed E-state index contributed by atoms with van der Waals surface area (Å²) in [4.78, 5) is 11.4. The molecule has 21 heavy (non-hydrogen) atoms. The van der Waals surface area contributed by atoms with Gasteiger partial charge >= 0.3 is 6.09 Å². The molecule has 1 aromatic rings. The van der Waals surface area contributed by atoms with Crippen LogP contribution < -0.4 is 10.1 Å². The first kappa shape index (κ1) is 15.9. The Morgan fingerprint density at radius 3 is 3.00 bits per heavy atom. The number of carbonyl (C=O) groups excluding carboxylic acids is 1. The van der Waals surface area contributed by atoms with Crippen LogP contribution in [0, 0.1) is 0 Å². The largest absolute Gasteiger partial charge is 0.465 e. The van der Waals surface area contributed by atoms with Crippen molar-refractivity contribution in [3.05, 3.63) is 29.8 Å². The molecule has 1 amide bonds. The van der Waals surface area contributed by atoms with Crippen LogP contribution in [-0.4, -0.2) is 31.4 Å². The maximum Gasteiger partial charge on any atom is 0.407 e. The predicted molar refractivity (Wildman–Crippen MR) is 79.6 cm³/mol. The van der Waals surface area contributed by atoms with E-state index in [2.05, 4.69) is 5.32 Å². The van der Waals surface area contributed by atoms with Crippen molar-refractivity contribution in [2.45, 2.75) is 32.2 Å². The monoisotopic (exact) mass is 313 g/mol. The van der Waals surface area contributed by atoms with E-state index in [0.717, 1.165) is 31.4 Å². The number of hydrogen-bond donors (Lipinski definition) is 1. The molecule has 1 aliphatic rings. The Morgan fingerprint density at radius 1 is 1.38 bits per heavy atom. The van der Waals surface area contributed by atoms with Crippen molar-refractivity contribution in [1.29, 1.82) is 0 Å². The molecule has 6 heteroatoms. The first-order valence-corrected chi connectivity index (χ1v) is 7.66. The lowest BCUT2D eigenvalue weighted by Crippen LogP contribution is -2.27. The van der Waals surface area contributed by atoms with E-state index < -0.39 is 6.09 Å². The van der Waals surface area contributed by atoms with Gasteiger partial charge in [0, 0.05) is 24.4 Å². The fourth-order valence-electron chi connectivity index (χ4n) is 2.03. The van der Waals surface area contributed by atoms with Gasteiger partial charge in [-0.15, -0.1) is 11.6 Å². The lowest BCUT2D eigenvalue weighted by molar-refractivity contribution is -0.106. The molecule has 1 unspecified atom stereocenters. The number of halogens is 1. The van der Waals surface area contributed by atoms with Gasteiger partial charge in [0.15, 0.2) is 6.29 Å². The number of ether oxygens (including phenoxy) is 3. The molecule has 0 spiro atoms. The van der Waals surface area contributed by atoms with E-state index >= 15 is 0 Å².